The highest BCUT2D eigenvalue weighted by Crippen LogP contribution is 2.29. The molecular formula is C25H39N7O2S. The zero-order valence-corrected chi connectivity index (χ0v) is 22.7. The highest BCUT2D eigenvalue weighted by atomic mass is 32.2. The third-order valence-electron chi connectivity index (χ3n) is 4.41. The van der Waals surface area contributed by atoms with Crippen LogP contribution >= 0.6 is 11.8 Å². The van der Waals surface area contributed by atoms with Crippen molar-refractivity contribution in [3.63, 3.8) is 0 Å². The van der Waals surface area contributed by atoms with E-state index in [9.17, 15) is 4.79 Å². The van der Waals surface area contributed by atoms with Crippen LogP contribution in [-0.4, -0.2) is 50.9 Å². The Morgan fingerprint density at radius 2 is 1.66 bits per heavy atom. The van der Waals surface area contributed by atoms with Crippen molar-refractivity contribution < 1.29 is 9.90 Å². The van der Waals surface area contributed by atoms with Crippen LogP contribution in [0.15, 0.2) is 46.5 Å². The van der Waals surface area contributed by atoms with Crippen molar-refractivity contribution in [2.24, 2.45) is 0 Å². The van der Waals surface area contributed by atoms with Gasteiger partial charge in [-0.2, -0.15) is 5.10 Å². The SMILES string of the molecule is CC.CCC(=O)Nc1ccc(Sc2nc(Nc3cc(C)[nH]n3)cc(N(CC)CC)n2)cc1.CCO. The Morgan fingerprint density at radius 1 is 1.03 bits per heavy atom. The lowest BCUT2D eigenvalue weighted by atomic mass is 10.3. The standard InChI is InChI=1S/C21H27N7OS.C2H6O.C2H6/c1-5-20(29)22-15-8-10-16(11-9-15)30-21-24-17(23-18-12-14(4)26-27-18)13-19(25-21)28(6-2)7-3;1-2-3;1-2/h8-13H,5-7H2,1-4H3,(H,22,29)(H2,23,24,25,26,27);3H,2H2,1H3;1-2H3. The van der Waals surface area contributed by atoms with E-state index < -0.39 is 0 Å². The maximum atomic E-state index is 11.5. The van der Waals surface area contributed by atoms with Gasteiger partial charge >= 0.3 is 0 Å². The molecule has 0 aliphatic carbocycles. The number of hydrogen-bond acceptors (Lipinski definition) is 8. The number of aromatic nitrogens is 4. The summed E-state index contributed by atoms with van der Waals surface area (Å²) in [7, 11) is 0. The molecule has 0 radical (unpaired) electrons. The fourth-order valence-corrected chi connectivity index (χ4v) is 3.57. The summed E-state index contributed by atoms with van der Waals surface area (Å²) in [6.45, 7) is 15.6. The molecule has 10 heteroatoms. The van der Waals surface area contributed by atoms with E-state index >= 15 is 0 Å². The van der Waals surface area contributed by atoms with Gasteiger partial charge in [0.15, 0.2) is 11.0 Å². The van der Waals surface area contributed by atoms with Crippen molar-refractivity contribution in [1.82, 2.24) is 20.2 Å². The molecule has 1 amide bonds. The number of amides is 1. The van der Waals surface area contributed by atoms with Crippen LogP contribution in [0, 0.1) is 6.92 Å². The fraction of sp³-hybridized carbons (Fsp3) is 0.440. The number of H-pyrrole nitrogens is 1. The first kappa shape index (κ1) is 29.9. The Hall–Kier alpha value is -3.11. The molecule has 0 aliphatic rings. The molecule has 0 aliphatic heterocycles. The van der Waals surface area contributed by atoms with E-state index in [0.29, 0.717) is 23.2 Å². The smallest absolute Gasteiger partial charge is 0.224 e. The molecule has 0 fully saturated rings. The summed E-state index contributed by atoms with van der Waals surface area (Å²) in [5.74, 6) is 2.26. The Labute approximate surface area is 213 Å². The van der Waals surface area contributed by atoms with Crippen molar-refractivity contribution >= 4 is 40.8 Å². The van der Waals surface area contributed by atoms with Gasteiger partial charge in [-0.1, -0.05) is 20.8 Å². The quantitative estimate of drug-likeness (QED) is 0.279. The molecule has 0 bridgehead atoms. The summed E-state index contributed by atoms with van der Waals surface area (Å²) < 4.78 is 0. The van der Waals surface area contributed by atoms with E-state index in [0.717, 1.165) is 35.2 Å². The molecule has 3 rings (SSSR count). The van der Waals surface area contributed by atoms with Gasteiger partial charge in [-0.15, -0.1) is 0 Å². The van der Waals surface area contributed by atoms with E-state index in [4.69, 9.17) is 10.1 Å². The van der Waals surface area contributed by atoms with E-state index in [-0.39, 0.29) is 12.5 Å². The van der Waals surface area contributed by atoms with E-state index in [1.165, 1.54) is 11.8 Å². The number of aryl methyl sites for hydroxylation is 1. The second-order valence-corrected chi connectivity index (χ2v) is 8.01. The van der Waals surface area contributed by atoms with Gasteiger partial charge in [-0.25, -0.2) is 9.97 Å². The lowest BCUT2D eigenvalue weighted by Gasteiger charge is -2.21. The van der Waals surface area contributed by atoms with Crippen LogP contribution in [0.5, 0.6) is 0 Å². The lowest BCUT2D eigenvalue weighted by Crippen LogP contribution is -2.23. The van der Waals surface area contributed by atoms with E-state index in [1.54, 1.807) is 6.92 Å². The van der Waals surface area contributed by atoms with Gasteiger partial charge in [0, 0.05) is 54.5 Å². The minimum Gasteiger partial charge on any atom is -0.397 e. The number of rotatable bonds is 9. The van der Waals surface area contributed by atoms with Gasteiger partial charge < -0.3 is 20.6 Å². The minimum absolute atomic E-state index is 0.00465. The van der Waals surface area contributed by atoms with Gasteiger partial charge in [-0.05, 0) is 63.7 Å². The minimum atomic E-state index is -0.00465. The summed E-state index contributed by atoms with van der Waals surface area (Å²) in [5.41, 5.74) is 1.75. The van der Waals surface area contributed by atoms with Crippen molar-refractivity contribution in [3.8, 4) is 0 Å². The van der Waals surface area contributed by atoms with Crippen molar-refractivity contribution in [2.75, 3.05) is 35.2 Å². The number of nitrogens with zero attached hydrogens (tertiary/aromatic N) is 4. The average molecular weight is 502 g/mol. The van der Waals surface area contributed by atoms with Gasteiger partial charge in [0.2, 0.25) is 5.91 Å². The zero-order chi connectivity index (χ0) is 26.2. The number of carbonyl (C=O) groups excluding carboxylic acids is 1. The van der Waals surface area contributed by atoms with Crippen LogP contribution in [-0.2, 0) is 4.79 Å². The predicted molar refractivity (Wildman–Crippen MR) is 146 cm³/mol. The largest absolute Gasteiger partial charge is 0.397 e. The Bertz CT molecular complexity index is 1010. The molecule has 0 spiro atoms. The number of nitrogens with one attached hydrogen (secondary N) is 3. The topological polar surface area (TPSA) is 119 Å². The van der Waals surface area contributed by atoms with Gasteiger partial charge in [-0.3, -0.25) is 9.89 Å². The second kappa shape index (κ2) is 16.5. The summed E-state index contributed by atoms with van der Waals surface area (Å²) >= 11 is 1.47. The molecule has 3 aromatic rings. The van der Waals surface area contributed by atoms with E-state index in [2.05, 4.69) is 44.6 Å². The van der Waals surface area contributed by atoms with Crippen molar-refractivity contribution in [2.45, 2.75) is 64.9 Å². The first-order chi connectivity index (χ1) is 16.9. The van der Waals surface area contributed by atoms with Crippen LogP contribution in [0.4, 0.5) is 23.1 Å². The normalized spacial score (nSPS) is 9.83. The Kier molecular flexibility index (Phi) is 14.1. The molecule has 0 atom stereocenters. The Morgan fingerprint density at radius 3 is 2.17 bits per heavy atom. The van der Waals surface area contributed by atoms with Crippen molar-refractivity contribution in [1.29, 1.82) is 0 Å². The fourth-order valence-electron chi connectivity index (χ4n) is 2.81. The summed E-state index contributed by atoms with van der Waals surface area (Å²) in [6.07, 6.45) is 0.452. The molecule has 2 heterocycles. The molecule has 0 saturated carbocycles. The van der Waals surface area contributed by atoms with Crippen LogP contribution in [0.1, 0.15) is 53.7 Å². The summed E-state index contributed by atoms with van der Waals surface area (Å²) in [4.78, 5) is 24.1. The highest BCUT2D eigenvalue weighted by Gasteiger charge is 2.12. The maximum Gasteiger partial charge on any atom is 0.224 e. The predicted octanol–water partition coefficient (Wildman–Crippen LogP) is 5.62. The van der Waals surface area contributed by atoms with Gasteiger partial charge in [0.25, 0.3) is 0 Å². The number of aromatic amines is 1. The monoisotopic (exact) mass is 501 g/mol. The molecule has 9 nitrogen and oxygen atoms in total. The maximum absolute atomic E-state index is 11.5. The van der Waals surface area contributed by atoms with Crippen LogP contribution in [0.2, 0.25) is 0 Å². The second-order valence-electron chi connectivity index (χ2n) is 6.97. The molecule has 1 aromatic carbocycles. The molecule has 2 aromatic heterocycles. The molecular weight excluding hydrogens is 462 g/mol. The Balaban J connectivity index is 0.00000114. The van der Waals surface area contributed by atoms with Crippen LogP contribution < -0.4 is 15.5 Å². The third-order valence-corrected chi connectivity index (χ3v) is 5.28. The number of aliphatic hydroxyl groups is 1. The van der Waals surface area contributed by atoms with Gasteiger partial charge in [0.05, 0.1) is 0 Å². The summed E-state index contributed by atoms with van der Waals surface area (Å²) in [6, 6.07) is 11.5. The number of benzene rings is 1. The van der Waals surface area contributed by atoms with Crippen molar-refractivity contribution in [3.05, 3.63) is 42.1 Å². The number of aliphatic hydroxyl groups excluding tert-OH is 1. The highest BCUT2D eigenvalue weighted by molar-refractivity contribution is 7.99. The number of hydrogen-bond donors (Lipinski definition) is 4. The molecule has 192 valence electrons. The number of carbonyl (C=O) groups is 1. The van der Waals surface area contributed by atoms with Crippen LogP contribution in [0.3, 0.4) is 0 Å². The molecule has 0 unspecified atom stereocenters. The molecule has 0 saturated heterocycles. The zero-order valence-electron chi connectivity index (χ0n) is 21.8. The van der Waals surface area contributed by atoms with E-state index in [1.807, 2.05) is 64.1 Å². The van der Waals surface area contributed by atoms with Crippen LogP contribution in [0.25, 0.3) is 0 Å². The average Bonchev–Trinajstić information content (AvgIpc) is 3.27. The number of anilines is 4. The summed E-state index contributed by atoms with van der Waals surface area (Å²) in [5, 5.41) is 21.5. The first-order valence-electron chi connectivity index (χ1n) is 12.0. The van der Waals surface area contributed by atoms with Gasteiger partial charge in [0.1, 0.15) is 11.6 Å². The molecule has 4 N–H and O–H groups in total. The molecule has 35 heavy (non-hydrogen) atoms. The third kappa shape index (κ3) is 10.4. The first-order valence-corrected chi connectivity index (χ1v) is 12.9. The lowest BCUT2D eigenvalue weighted by molar-refractivity contribution is -0.115.